The van der Waals surface area contributed by atoms with E-state index in [1.165, 1.54) is 0 Å². The van der Waals surface area contributed by atoms with E-state index in [1.54, 1.807) is 0 Å². The van der Waals surface area contributed by atoms with E-state index < -0.39 is 35.7 Å². The van der Waals surface area contributed by atoms with Crippen LogP contribution in [0, 0.1) is 11.8 Å². The molecule has 0 spiro atoms. The van der Waals surface area contributed by atoms with Crippen molar-refractivity contribution in [3.8, 4) is 0 Å². The fourth-order valence-electron chi connectivity index (χ4n) is 5.32. The Labute approximate surface area is 274 Å². The normalized spacial score (nSPS) is 14.2. The molecule has 0 radical (unpaired) electrons. The number of benzene rings is 3. The van der Waals surface area contributed by atoms with Crippen LogP contribution in [0.25, 0.3) is 0 Å². The average molecular weight is 643 g/mol. The van der Waals surface area contributed by atoms with Gasteiger partial charge < -0.3 is 30.7 Å². The number of amides is 4. The van der Waals surface area contributed by atoms with Crippen molar-refractivity contribution in [1.29, 1.82) is 0 Å². The summed E-state index contributed by atoms with van der Waals surface area (Å²) in [6, 6.07) is 26.5. The van der Waals surface area contributed by atoms with Crippen LogP contribution in [0.1, 0.15) is 36.0 Å². The van der Waals surface area contributed by atoms with Crippen LogP contribution >= 0.6 is 0 Å². The summed E-state index contributed by atoms with van der Waals surface area (Å²) in [7, 11) is 0. The van der Waals surface area contributed by atoms with E-state index in [-0.39, 0.29) is 50.9 Å². The van der Waals surface area contributed by atoms with Crippen LogP contribution in [-0.4, -0.2) is 61.9 Å². The van der Waals surface area contributed by atoms with Crippen molar-refractivity contribution in [2.24, 2.45) is 11.8 Å². The molecule has 1 unspecified atom stereocenters. The summed E-state index contributed by atoms with van der Waals surface area (Å²) in [5.41, 5.74) is 2.47. The minimum Gasteiger partial charge on any atom is -0.445 e. The molecule has 2 atom stereocenters. The summed E-state index contributed by atoms with van der Waals surface area (Å²) in [5, 5.41) is 10.9. The van der Waals surface area contributed by atoms with Crippen LogP contribution in [0.4, 0.5) is 4.79 Å². The largest absolute Gasteiger partial charge is 0.445 e. The number of carbonyl (C=O) groups is 5. The predicted octanol–water partition coefficient (Wildman–Crippen LogP) is 3.07. The summed E-state index contributed by atoms with van der Waals surface area (Å²) in [6.45, 7) is 1.33. The molecule has 1 aliphatic heterocycles. The van der Waals surface area contributed by atoms with E-state index in [4.69, 9.17) is 9.47 Å². The van der Waals surface area contributed by atoms with Gasteiger partial charge in [0.05, 0.1) is 5.92 Å². The SMILES string of the molecule is O=C(CCNC(=O)OCc1ccccc1)NCC(C(=O)N[C@@H](Cc1ccccc1)C(=O)C(=O)NCc1ccccc1)C1CCOCC1. The highest BCUT2D eigenvalue weighted by atomic mass is 16.5. The lowest BCUT2D eigenvalue weighted by atomic mass is 9.84. The lowest BCUT2D eigenvalue weighted by Gasteiger charge is -2.31. The first-order chi connectivity index (χ1) is 22.9. The Morgan fingerprint density at radius 1 is 0.745 bits per heavy atom. The second-order valence-electron chi connectivity index (χ2n) is 11.4. The van der Waals surface area contributed by atoms with Gasteiger partial charge in [-0.1, -0.05) is 91.0 Å². The lowest BCUT2D eigenvalue weighted by Crippen LogP contribution is -2.52. The predicted molar refractivity (Wildman–Crippen MR) is 175 cm³/mol. The molecule has 1 heterocycles. The van der Waals surface area contributed by atoms with E-state index >= 15 is 0 Å². The lowest BCUT2D eigenvalue weighted by molar-refractivity contribution is -0.140. The van der Waals surface area contributed by atoms with Gasteiger partial charge in [-0.25, -0.2) is 4.79 Å². The van der Waals surface area contributed by atoms with Crippen molar-refractivity contribution in [2.45, 2.75) is 44.9 Å². The molecule has 47 heavy (non-hydrogen) atoms. The van der Waals surface area contributed by atoms with Gasteiger partial charge in [-0.15, -0.1) is 0 Å². The van der Waals surface area contributed by atoms with Crippen molar-refractivity contribution >= 4 is 29.6 Å². The van der Waals surface area contributed by atoms with Gasteiger partial charge in [0.2, 0.25) is 17.6 Å². The summed E-state index contributed by atoms with van der Waals surface area (Å²) in [4.78, 5) is 64.9. The minimum absolute atomic E-state index is 0.0146. The molecule has 4 amide bonds. The van der Waals surface area contributed by atoms with Gasteiger partial charge in [-0.05, 0) is 35.4 Å². The molecule has 3 aromatic rings. The molecule has 3 aromatic carbocycles. The number of alkyl carbamates (subject to hydrolysis) is 1. The van der Waals surface area contributed by atoms with Crippen LogP contribution in [0.2, 0.25) is 0 Å². The number of ketones is 1. The highest BCUT2D eigenvalue weighted by molar-refractivity contribution is 6.38. The van der Waals surface area contributed by atoms with Gasteiger partial charge in [0.1, 0.15) is 12.6 Å². The van der Waals surface area contributed by atoms with Crippen LogP contribution in [0.3, 0.4) is 0 Å². The zero-order chi connectivity index (χ0) is 33.3. The van der Waals surface area contributed by atoms with E-state index in [0.29, 0.717) is 26.1 Å². The second-order valence-corrected chi connectivity index (χ2v) is 11.4. The highest BCUT2D eigenvalue weighted by Gasteiger charge is 2.34. The molecule has 4 N–H and O–H groups in total. The summed E-state index contributed by atoms with van der Waals surface area (Å²) < 4.78 is 10.7. The van der Waals surface area contributed by atoms with Gasteiger partial charge in [-0.3, -0.25) is 19.2 Å². The average Bonchev–Trinajstić information content (AvgIpc) is 3.11. The molecule has 0 bridgehead atoms. The molecular weight excluding hydrogens is 600 g/mol. The van der Waals surface area contributed by atoms with E-state index in [9.17, 15) is 24.0 Å². The molecule has 1 fully saturated rings. The molecule has 1 saturated heterocycles. The number of hydrogen-bond acceptors (Lipinski definition) is 7. The first kappa shape index (κ1) is 34.8. The van der Waals surface area contributed by atoms with E-state index in [0.717, 1.165) is 16.7 Å². The first-order valence-electron chi connectivity index (χ1n) is 15.9. The van der Waals surface area contributed by atoms with Crippen LogP contribution in [-0.2, 0) is 48.2 Å². The van der Waals surface area contributed by atoms with Crippen LogP contribution < -0.4 is 21.3 Å². The van der Waals surface area contributed by atoms with Gasteiger partial charge in [0.15, 0.2) is 0 Å². The summed E-state index contributed by atoms with van der Waals surface area (Å²) >= 11 is 0. The Hall–Kier alpha value is -5.03. The van der Waals surface area contributed by atoms with Gasteiger partial charge in [0.25, 0.3) is 5.91 Å². The number of ether oxygens (including phenoxy) is 2. The third-order valence-corrected chi connectivity index (χ3v) is 7.96. The van der Waals surface area contributed by atoms with Gasteiger partial charge in [-0.2, -0.15) is 0 Å². The summed E-state index contributed by atoms with van der Waals surface area (Å²) in [5.74, 6) is -3.08. The number of nitrogens with one attached hydrogen (secondary N) is 4. The third-order valence-electron chi connectivity index (χ3n) is 7.96. The van der Waals surface area contributed by atoms with E-state index in [2.05, 4.69) is 21.3 Å². The van der Waals surface area contributed by atoms with Gasteiger partial charge in [0, 0.05) is 45.7 Å². The number of Topliss-reactive ketones (excluding diaryl/α,β-unsaturated/α-hetero) is 1. The highest BCUT2D eigenvalue weighted by Crippen LogP contribution is 2.24. The minimum atomic E-state index is -1.11. The Bertz CT molecular complexity index is 1450. The molecule has 0 saturated carbocycles. The van der Waals surface area contributed by atoms with Crippen molar-refractivity contribution < 1.29 is 33.4 Å². The maximum atomic E-state index is 13.8. The number of hydrogen-bond donors (Lipinski definition) is 4. The molecule has 11 heteroatoms. The van der Waals surface area contributed by atoms with E-state index in [1.807, 2.05) is 91.0 Å². The summed E-state index contributed by atoms with van der Waals surface area (Å²) in [6.07, 6.45) is 0.695. The zero-order valence-corrected chi connectivity index (χ0v) is 26.3. The van der Waals surface area contributed by atoms with Crippen molar-refractivity contribution in [1.82, 2.24) is 21.3 Å². The molecule has 248 valence electrons. The monoisotopic (exact) mass is 642 g/mol. The van der Waals surface area contributed by atoms with Crippen LogP contribution in [0.15, 0.2) is 91.0 Å². The fourth-order valence-corrected chi connectivity index (χ4v) is 5.32. The number of rotatable bonds is 16. The second kappa shape index (κ2) is 18.8. The van der Waals surface area contributed by atoms with Crippen molar-refractivity contribution in [3.63, 3.8) is 0 Å². The zero-order valence-electron chi connectivity index (χ0n) is 26.3. The molecule has 11 nitrogen and oxygen atoms in total. The fraction of sp³-hybridized carbons (Fsp3) is 0.361. The van der Waals surface area contributed by atoms with Gasteiger partial charge >= 0.3 is 6.09 Å². The standard InChI is InChI=1S/C36H42N4O7/c41-32(16-19-37-36(45)47-25-28-14-8-3-9-15-28)38-24-30(29-17-20-46-21-18-29)34(43)40-31(22-26-10-4-1-5-11-26)33(42)35(44)39-23-27-12-6-2-7-13-27/h1-15,29-31H,16-25H2,(H,37,45)(H,38,41)(H,39,44)(H,40,43)/t30?,31-/m0/s1. The Balaban J connectivity index is 1.34. The number of carbonyl (C=O) groups excluding carboxylic acids is 5. The smallest absolute Gasteiger partial charge is 0.407 e. The third kappa shape index (κ3) is 12.0. The van der Waals surface area contributed by atoms with Crippen LogP contribution in [0.5, 0.6) is 0 Å². The maximum absolute atomic E-state index is 13.8. The molecule has 1 aliphatic rings. The maximum Gasteiger partial charge on any atom is 0.407 e. The Morgan fingerprint density at radius 2 is 1.34 bits per heavy atom. The Kier molecular flexibility index (Phi) is 14.0. The van der Waals surface area contributed by atoms with Crippen molar-refractivity contribution in [2.75, 3.05) is 26.3 Å². The quantitative estimate of drug-likeness (QED) is 0.175. The molecule has 4 rings (SSSR count). The molecule has 0 aliphatic carbocycles. The molecule has 0 aromatic heterocycles. The Morgan fingerprint density at radius 3 is 1.98 bits per heavy atom. The molecular formula is C36H42N4O7. The topological polar surface area (TPSA) is 152 Å². The first-order valence-corrected chi connectivity index (χ1v) is 15.9. The van der Waals surface area contributed by atoms with Crippen molar-refractivity contribution in [3.05, 3.63) is 108 Å².